The topological polar surface area (TPSA) is 71.5 Å². The van der Waals surface area contributed by atoms with Gasteiger partial charge in [-0.05, 0) is 30.9 Å². The van der Waals surface area contributed by atoms with Crippen molar-refractivity contribution in [3.8, 4) is 0 Å². The van der Waals surface area contributed by atoms with Gasteiger partial charge >= 0.3 is 0 Å². The van der Waals surface area contributed by atoms with Gasteiger partial charge in [-0.1, -0.05) is 37.6 Å². The van der Waals surface area contributed by atoms with E-state index in [1.165, 1.54) is 16.4 Å². The molecule has 0 N–H and O–H groups in total. The zero-order valence-corrected chi connectivity index (χ0v) is 15.7. The summed E-state index contributed by atoms with van der Waals surface area (Å²) in [6.45, 7) is 4.02. The van der Waals surface area contributed by atoms with Gasteiger partial charge < -0.3 is 0 Å². The van der Waals surface area contributed by atoms with E-state index in [4.69, 9.17) is 11.6 Å². The van der Waals surface area contributed by atoms with Crippen LogP contribution in [-0.4, -0.2) is 45.2 Å². The molecular weight excluding hydrogens is 358 g/mol. The van der Waals surface area contributed by atoms with E-state index in [-0.39, 0.29) is 28.1 Å². The molecule has 130 valence electrons. The van der Waals surface area contributed by atoms with Crippen molar-refractivity contribution in [1.82, 2.24) is 4.31 Å². The minimum atomic E-state index is -3.78. The highest BCUT2D eigenvalue weighted by atomic mass is 35.5. The van der Waals surface area contributed by atoms with Gasteiger partial charge in [0.25, 0.3) is 0 Å². The van der Waals surface area contributed by atoms with Crippen LogP contribution in [0.3, 0.4) is 0 Å². The summed E-state index contributed by atoms with van der Waals surface area (Å²) in [6.07, 6.45) is 1.04. The minimum absolute atomic E-state index is 0.00259. The van der Waals surface area contributed by atoms with Gasteiger partial charge in [0, 0.05) is 13.1 Å². The van der Waals surface area contributed by atoms with E-state index >= 15 is 0 Å². The Morgan fingerprint density at radius 1 is 1.22 bits per heavy atom. The predicted molar refractivity (Wildman–Crippen MR) is 91.9 cm³/mol. The Kier molecular flexibility index (Phi) is 5.76. The molecule has 0 bridgehead atoms. The standard InChI is InChI=1S/C15H22ClNO4S2/c1-12(2)11-22(18,19)13-6-5-9-17(10-13)23(20,21)15-8-4-3-7-14(15)16/h3-4,7-8,12-13H,5-6,9-11H2,1-2H3/t13-/m1/s1. The van der Waals surface area contributed by atoms with Crippen LogP contribution in [0.5, 0.6) is 0 Å². The van der Waals surface area contributed by atoms with Crippen LogP contribution in [0.4, 0.5) is 0 Å². The molecule has 0 saturated carbocycles. The van der Waals surface area contributed by atoms with Crippen LogP contribution in [0.1, 0.15) is 26.7 Å². The molecule has 0 aromatic heterocycles. The van der Waals surface area contributed by atoms with Crippen molar-refractivity contribution in [2.75, 3.05) is 18.8 Å². The van der Waals surface area contributed by atoms with Crippen molar-refractivity contribution in [3.63, 3.8) is 0 Å². The molecular formula is C15H22ClNO4S2. The molecule has 8 heteroatoms. The Labute approximate surface area is 143 Å². The van der Waals surface area contributed by atoms with E-state index in [1.54, 1.807) is 12.1 Å². The van der Waals surface area contributed by atoms with E-state index in [9.17, 15) is 16.8 Å². The van der Waals surface area contributed by atoms with Crippen molar-refractivity contribution < 1.29 is 16.8 Å². The van der Waals surface area contributed by atoms with Crippen molar-refractivity contribution in [2.45, 2.75) is 36.8 Å². The van der Waals surface area contributed by atoms with Crippen LogP contribution in [0.2, 0.25) is 5.02 Å². The number of benzene rings is 1. The average molecular weight is 380 g/mol. The van der Waals surface area contributed by atoms with Crippen molar-refractivity contribution in [3.05, 3.63) is 29.3 Å². The lowest BCUT2D eigenvalue weighted by molar-refractivity contribution is 0.345. The second kappa shape index (κ2) is 7.09. The first-order valence-corrected chi connectivity index (χ1v) is 11.1. The molecule has 1 aromatic rings. The summed E-state index contributed by atoms with van der Waals surface area (Å²) in [4.78, 5) is 0.0311. The predicted octanol–water partition coefficient (Wildman–Crippen LogP) is 2.56. The third-order valence-electron chi connectivity index (χ3n) is 3.87. The molecule has 1 atom stereocenters. The highest BCUT2D eigenvalue weighted by Gasteiger charge is 2.36. The number of halogens is 1. The number of nitrogens with zero attached hydrogens (tertiary/aromatic N) is 1. The molecule has 0 spiro atoms. The molecule has 0 unspecified atom stereocenters. The van der Waals surface area contributed by atoms with Gasteiger partial charge in [0.1, 0.15) is 4.90 Å². The molecule has 23 heavy (non-hydrogen) atoms. The van der Waals surface area contributed by atoms with Gasteiger partial charge in [0.15, 0.2) is 9.84 Å². The van der Waals surface area contributed by atoms with E-state index in [2.05, 4.69) is 0 Å². The van der Waals surface area contributed by atoms with E-state index in [1.807, 2.05) is 13.8 Å². The SMILES string of the molecule is CC(C)CS(=O)(=O)[C@@H]1CCCN(S(=O)(=O)c2ccccc2Cl)C1. The van der Waals surface area contributed by atoms with Crippen molar-refractivity contribution in [2.24, 2.45) is 5.92 Å². The Balaban J connectivity index is 2.26. The summed E-state index contributed by atoms with van der Waals surface area (Å²) in [5, 5.41) is -0.490. The third-order valence-corrected chi connectivity index (χ3v) is 8.77. The number of sulfone groups is 1. The zero-order valence-electron chi connectivity index (χ0n) is 13.3. The molecule has 0 radical (unpaired) electrons. The van der Waals surface area contributed by atoms with Crippen LogP contribution < -0.4 is 0 Å². The number of hydrogen-bond acceptors (Lipinski definition) is 4. The van der Waals surface area contributed by atoms with Crippen LogP contribution in [0.25, 0.3) is 0 Å². The molecule has 1 aliphatic heterocycles. The second-order valence-corrected chi connectivity index (χ2v) is 10.9. The number of piperidine rings is 1. The Bertz CT molecular complexity index is 759. The first-order chi connectivity index (χ1) is 10.6. The zero-order chi connectivity index (χ0) is 17.3. The molecule has 1 heterocycles. The molecule has 1 aromatic carbocycles. The van der Waals surface area contributed by atoms with Gasteiger partial charge in [-0.15, -0.1) is 0 Å². The highest BCUT2D eigenvalue weighted by molar-refractivity contribution is 7.92. The van der Waals surface area contributed by atoms with Crippen LogP contribution in [-0.2, 0) is 19.9 Å². The normalized spacial score (nSPS) is 20.8. The lowest BCUT2D eigenvalue weighted by Crippen LogP contribution is -2.46. The van der Waals surface area contributed by atoms with Crippen molar-refractivity contribution in [1.29, 1.82) is 0 Å². The molecule has 0 amide bonds. The van der Waals surface area contributed by atoms with Gasteiger partial charge in [-0.2, -0.15) is 4.31 Å². The van der Waals surface area contributed by atoms with E-state index in [0.717, 1.165) is 0 Å². The van der Waals surface area contributed by atoms with Gasteiger partial charge in [-0.3, -0.25) is 0 Å². The first-order valence-electron chi connectivity index (χ1n) is 7.61. The monoisotopic (exact) mass is 379 g/mol. The number of sulfonamides is 1. The summed E-state index contributed by atoms with van der Waals surface area (Å²) in [6, 6.07) is 6.23. The average Bonchev–Trinajstić information content (AvgIpc) is 2.46. The number of rotatable bonds is 5. The quantitative estimate of drug-likeness (QED) is 0.788. The third kappa shape index (κ3) is 4.26. The lowest BCUT2D eigenvalue weighted by Gasteiger charge is -2.32. The maximum atomic E-state index is 12.7. The number of hydrogen-bond donors (Lipinski definition) is 0. The van der Waals surface area contributed by atoms with Gasteiger partial charge in [0.05, 0.1) is 16.0 Å². The van der Waals surface area contributed by atoms with Crippen molar-refractivity contribution >= 4 is 31.5 Å². The highest BCUT2D eigenvalue weighted by Crippen LogP contribution is 2.28. The fraction of sp³-hybridized carbons (Fsp3) is 0.600. The molecule has 5 nitrogen and oxygen atoms in total. The fourth-order valence-electron chi connectivity index (χ4n) is 2.81. The Morgan fingerprint density at radius 2 is 1.87 bits per heavy atom. The minimum Gasteiger partial charge on any atom is -0.228 e. The molecule has 1 fully saturated rings. The summed E-state index contributed by atoms with van der Waals surface area (Å²) in [5.74, 6) is 0.105. The van der Waals surface area contributed by atoms with Crippen LogP contribution >= 0.6 is 11.6 Å². The van der Waals surface area contributed by atoms with Crippen LogP contribution in [0.15, 0.2) is 29.2 Å². The molecule has 2 rings (SSSR count). The van der Waals surface area contributed by atoms with Crippen LogP contribution in [0, 0.1) is 5.92 Å². The lowest BCUT2D eigenvalue weighted by atomic mass is 10.2. The molecule has 0 aliphatic carbocycles. The summed E-state index contributed by atoms with van der Waals surface area (Å²) in [5.41, 5.74) is 0. The summed E-state index contributed by atoms with van der Waals surface area (Å²) < 4.78 is 51.6. The summed E-state index contributed by atoms with van der Waals surface area (Å²) in [7, 11) is -7.08. The van der Waals surface area contributed by atoms with E-state index < -0.39 is 25.1 Å². The smallest absolute Gasteiger partial charge is 0.228 e. The Hall–Kier alpha value is -0.630. The first kappa shape index (κ1) is 18.7. The van der Waals surface area contributed by atoms with Gasteiger partial charge in [0.2, 0.25) is 10.0 Å². The maximum absolute atomic E-state index is 12.7. The Morgan fingerprint density at radius 3 is 2.48 bits per heavy atom. The second-order valence-electron chi connectivity index (χ2n) is 6.28. The molecule has 1 aliphatic rings. The molecule has 1 saturated heterocycles. The maximum Gasteiger partial charge on any atom is 0.244 e. The summed E-state index contributed by atoms with van der Waals surface area (Å²) >= 11 is 6.00. The van der Waals surface area contributed by atoms with Gasteiger partial charge in [-0.25, -0.2) is 16.8 Å². The van der Waals surface area contributed by atoms with E-state index in [0.29, 0.717) is 19.4 Å². The fourth-order valence-corrected chi connectivity index (χ4v) is 7.06. The largest absolute Gasteiger partial charge is 0.244 e.